The van der Waals surface area contributed by atoms with E-state index in [1.165, 1.54) is 0 Å². The number of rotatable bonds is 7. The summed E-state index contributed by atoms with van der Waals surface area (Å²) < 4.78 is 5.13. The summed E-state index contributed by atoms with van der Waals surface area (Å²) in [5.74, 6) is 0.544. The lowest BCUT2D eigenvalue weighted by Crippen LogP contribution is -2.48. The highest BCUT2D eigenvalue weighted by atomic mass is 35.5. The summed E-state index contributed by atoms with van der Waals surface area (Å²) in [6.45, 7) is 3.85. The van der Waals surface area contributed by atoms with Gasteiger partial charge in [-0.05, 0) is 56.6 Å². The van der Waals surface area contributed by atoms with Crippen LogP contribution >= 0.6 is 11.6 Å². The molecule has 1 heterocycles. The van der Waals surface area contributed by atoms with Crippen LogP contribution in [0.15, 0.2) is 48.5 Å². The van der Waals surface area contributed by atoms with Crippen molar-refractivity contribution in [2.75, 3.05) is 25.5 Å². The fourth-order valence-corrected chi connectivity index (χ4v) is 3.89. The molecule has 0 aliphatic carbocycles. The molecule has 2 aromatic rings. The van der Waals surface area contributed by atoms with Gasteiger partial charge in [0.1, 0.15) is 5.75 Å². The van der Waals surface area contributed by atoms with Crippen molar-refractivity contribution in [3.05, 3.63) is 59.1 Å². The van der Waals surface area contributed by atoms with E-state index in [0.717, 1.165) is 18.4 Å². The van der Waals surface area contributed by atoms with E-state index in [2.05, 4.69) is 15.5 Å². The minimum atomic E-state index is -0.292. The Balaban J connectivity index is 1.46. The SMILES string of the molecule is COc1ccc(NC(=O)[C@H](C)N2CCC(C(=O)NCc3ccccc3)CC2)cc1Cl. The molecule has 1 atom stereocenters. The first kappa shape index (κ1) is 22.1. The highest BCUT2D eigenvalue weighted by molar-refractivity contribution is 6.32. The molecule has 0 bridgehead atoms. The van der Waals surface area contributed by atoms with Gasteiger partial charge < -0.3 is 15.4 Å². The van der Waals surface area contributed by atoms with Gasteiger partial charge in [-0.25, -0.2) is 0 Å². The van der Waals surface area contributed by atoms with Crippen LogP contribution in [0, 0.1) is 5.92 Å². The molecule has 0 aromatic heterocycles. The zero-order valence-electron chi connectivity index (χ0n) is 17.4. The number of amides is 2. The second-order valence-electron chi connectivity index (χ2n) is 7.53. The fraction of sp³-hybridized carbons (Fsp3) is 0.391. The standard InChI is InChI=1S/C23H28ClN3O3/c1-16(22(28)26-19-8-9-21(30-2)20(24)14-19)27-12-10-18(11-13-27)23(29)25-15-17-6-4-3-5-7-17/h3-9,14,16,18H,10-13,15H2,1-2H3,(H,25,29)(H,26,28)/t16-/m0/s1. The van der Waals surface area contributed by atoms with E-state index < -0.39 is 0 Å². The number of nitrogens with one attached hydrogen (secondary N) is 2. The number of anilines is 1. The third kappa shape index (κ3) is 5.74. The van der Waals surface area contributed by atoms with Crippen molar-refractivity contribution in [1.29, 1.82) is 0 Å². The van der Waals surface area contributed by atoms with Crippen molar-refractivity contribution >= 4 is 29.1 Å². The number of carbonyl (C=O) groups excluding carboxylic acids is 2. The number of likely N-dealkylation sites (tertiary alicyclic amines) is 1. The van der Waals surface area contributed by atoms with Crippen LogP contribution in [0.1, 0.15) is 25.3 Å². The number of piperidine rings is 1. The van der Waals surface area contributed by atoms with Crippen LogP contribution in [0.5, 0.6) is 5.75 Å². The topological polar surface area (TPSA) is 70.7 Å². The van der Waals surface area contributed by atoms with Crippen molar-refractivity contribution in [2.24, 2.45) is 5.92 Å². The predicted molar refractivity (Wildman–Crippen MR) is 119 cm³/mol. The number of benzene rings is 2. The highest BCUT2D eigenvalue weighted by Gasteiger charge is 2.29. The number of hydrogen-bond acceptors (Lipinski definition) is 4. The summed E-state index contributed by atoms with van der Waals surface area (Å²) in [5.41, 5.74) is 1.72. The van der Waals surface area contributed by atoms with Gasteiger partial charge >= 0.3 is 0 Å². The fourth-order valence-electron chi connectivity index (χ4n) is 3.63. The Morgan fingerprint density at radius 1 is 1.17 bits per heavy atom. The van der Waals surface area contributed by atoms with Crippen LogP contribution in [0.25, 0.3) is 0 Å². The first-order chi connectivity index (χ1) is 14.5. The smallest absolute Gasteiger partial charge is 0.241 e. The largest absolute Gasteiger partial charge is 0.495 e. The zero-order chi connectivity index (χ0) is 21.5. The molecule has 7 heteroatoms. The van der Waals surface area contributed by atoms with Crippen molar-refractivity contribution in [1.82, 2.24) is 10.2 Å². The second kappa shape index (κ2) is 10.5. The number of ether oxygens (including phenoxy) is 1. The summed E-state index contributed by atoms with van der Waals surface area (Å²) in [6.07, 6.45) is 1.49. The van der Waals surface area contributed by atoms with Gasteiger partial charge in [-0.1, -0.05) is 41.9 Å². The van der Waals surface area contributed by atoms with Gasteiger partial charge in [0, 0.05) is 18.2 Å². The van der Waals surface area contributed by atoms with E-state index >= 15 is 0 Å². The van der Waals surface area contributed by atoms with Crippen LogP contribution in [-0.2, 0) is 16.1 Å². The molecule has 2 N–H and O–H groups in total. The van der Waals surface area contributed by atoms with E-state index in [0.29, 0.717) is 36.1 Å². The van der Waals surface area contributed by atoms with Crippen molar-refractivity contribution in [2.45, 2.75) is 32.4 Å². The van der Waals surface area contributed by atoms with Gasteiger partial charge in [0.15, 0.2) is 0 Å². The maximum Gasteiger partial charge on any atom is 0.241 e. The lowest BCUT2D eigenvalue weighted by molar-refractivity contribution is -0.127. The van der Waals surface area contributed by atoms with Gasteiger partial charge in [0.05, 0.1) is 18.2 Å². The van der Waals surface area contributed by atoms with E-state index in [1.807, 2.05) is 37.3 Å². The zero-order valence-corrected chi connectivity index (χ0v) is 18.1. The average Bonchev–Trinajstić information content (AvgIpc) is 2.78. The Labute approximate surface area is 182 Å². The lowest BCUT2D eigenvalue weighted by atomic mass is 9.94. The summed E-state index contributed by atoms with van der Waals surface area (Å²) in [6, 6.07) is 14.8. The van der Waals surface area contributed by atoms with Gasteiger partial charge in [0.25, 0.3) is 0 Å². The summed E-state index contributed by atoms with van der Waals surface area (Å²) in [5, 5.41) is 6.38. The van der Waals surface area contributed by atoms with Gasteiger partial charge in [-0.3, -0.25) is 14.5 Å². The van der Waals surface area contributed by atoms with Crippen LogP contribution in [0.4, 0.5) is 5.69 Å². The molecule has 0 spiro atoms. The quantitative estimate of drug-likeness (QED) is 0.704. The third-order valence-electron chi connectivity index (χ3n) is 5.56. The van der Waals surface area contributed by atoms with E-state index in [9.17, 15) is 9.59 Å². The maximum absolute atomic E-state index is 12.6. The first-order valence-electron chi connectivity index (χ1n) is 10.2. The van der Waals surface area contributed by atoms with Crippen LogP contribution in [-0.4, -0.2) is 43.0 Å². The molecule has 0 saturated carbocycles. The number of methoxy groups -OCH3 is 1. The molecule has 160 valence electrons. The first-order valence-corrected chi connectivity index (χ1v) is 10.6. The van der Waals surface area contributed by atoms with Crippen LogP contribution in [0.2, 0.25) is 5.02 Å². The van der Waals surface area contributed by atoms with Crippen molar-refractivity contribution < 1.29 is 14.3 Å². The van der Waals surface area contributed by atoms with Crippen LogP contribution < -0.4 is 15.4 Å². The molecule has 0 unspecified atom stereocenters. The number of carbonyl (C=O) groups is 2. The van der Waals surface area contributed by atoms with E-state index in [4.69, 9.17) is 16.3 Å². The number of halogens is 1. The molecule has 1 aliphatic rings. The predicted octanol–water partition coefficient (Wildman–Crippen LogP) is 3.70. The molecule has 1 fully saturated rings. The Morgan fingerprint density at radius 2 is 1.87 bits per heavy atom. The molecule has 1 aliphatic heterocycles. The number of nitrogens with zero attached hydrogens (tertiary/aromatic N) is 1. The normalized spacial score (nSPS) is 16.0. The average molecular weight is 430 g/mol. The molecular weight excluding hydrogens is 402 g/mol. The molecule has 30 heavy (non-hydrogen) atoms. The van der Waals surface area contributed by atoms with Crippen LogP contribution in [0.3, 0.4) is 0 Å². The Bertz CT molecular complexity index is 867. The van der Waals surface area contributed by atoms with E-state index in [1.54, 1.807) is 25.3 Å². The Hall–Kier alpha value is -2.57. The summed E-state index contributed by atoms with van der Waals surface area (Å²) >= 11 is 6.13. The molecule has 2 amide bonds. The molecule has 6 nitrogen and oxygen atoms in total. The monoisotopic (exact) mass is 429 g/mol. The summed E-state index contributed by atoms with van der Waals surface area (Å²) in [4.78, 5) is 27.2. The van der Waals surface area contributed by atoms with Crippen molar-refractivity contribution in [3.8, 4) is 5.75 Å². The third-order valence-corrected chi connectivity index (χ3v) is 5.85. The van der Waals surface area contributed by atoms with Crippen molar-refractivity contribution in [3.63, 3.8) is 0 Å². The molecule has 2 aromatic carbocycles. The Kier molecular flexibility index (Phi) is 7.71. The minimum Gasteiger partial charge on any atom is -0.495 e. The molecule has 1 saturated heterocycles. The van der Waals surface area contributed by atoms with E-state index in [-0.39, 0.29) is 23.8 Å². The second-order valence-corrected chi connectivity index (χ2v) is 7.94. The van der Waals surface area contributed by atoms with Gasteiger partial charge in [0.2, 0.25) is 11.8 Å². The maximum atomic E-state index is 12.6. The Morgan fingerprint density at radius 3 is 2.50 bits per heavy atom. The highest BCUT2D eigenvalue weighted by Crippen LogP contribution is 2.27. The summed E-state index contributed by atoms with van der Waals surface area (Å²) in [7, 11) is 1.55. The lowest BCUT2D eigenvalue weighted by Gasteiger charge is -2.34. The van der Waals surface area contributed by atoms with Gasteiger partial charge in [-0.15, -0.1) is 0 Å². The molecule has 3 rings (SSSR count). The number of hydrogen-bond donors (Lipinski definition) is 2. The van der Waals surface area contributed by atoms with Gasteiger partial charge in [-0.2, -0.15) is 0 Å². The molecule has 0 radical (unpaired) electrons. The molecular formula is C23H28ClN3O3. The minimum absolute atomic E-state index is 0.0133.